The van der Waals surface area contributed by atoms with Crippen LogP contribution in [0.15, 0.2) is 29.2 Å². The SMILES string of the molecule is CC(C)CCC(=O)NCC(=O)OCC(=O)Nc1cccc(S(=O)(=O)N2CCOCC2)c1. The zero-order valence-corrected chi connectivity index (χ0v) is 18.6. The number of esters is 1. The van der Waals surface area contributed by atoms with E-state index in [1.807, 2.05) is 13.8 Å². The van der Waals surface area contributed by atoms with Crippen molar-refractivity contribution in [3.8, 4) is 0 Å². The molecular weight excluding hydrogens is 426 g/mol. The maximum atomic E-state index is 12.7. The number of benzene rings is 1. The highest BCUT2D eigenvalue weighted by atomic mass is 32.2. The van der Waals surface area contributed by atoms with Gasteiger partial charge >= 0.3 is 5.97 Å². The molecule has 0 radical (unpaired) electrons. The van der Waals surface area contributed by atoms with Gasteiger partial charge in [0, 0.05) is 25.2 Å². The molecule has 11 heteroatoms. The number of rotatable bonds is 10. The zero-order chi connectivity index (χ0) is 22.9. The van der Waals surface area contributed by atoms with Gasteiger partial charge < -0.3 is 20.1 Å². The van der Waals surface area contributed by atoms with Gasteiger partial charge in [-0.1, -0.05) is 19.9 Å². The molecular formula is C20H29N3O7S. The van der Waals surface area contributed by atoms with Crippen LogP contribution in [0.2, 0.25) is 0 Å². The first-order valence-corrected chi connectivity index (χ1v) is 11.5. The summed E-state index contributed by atoms with van der Waals surface area (Å²) in [6.07, 6.45) is 1.03. The number of morpholine rings is 1. The van der Waals surface area contributed by atoms with Gasteiger partial charge in [-0.05, 0) is 30.5 Å². The monoisotopic (exact) mass is 455 g/mol. The summed E-state index contributed by atoms with van der Waals surface area (Å²) in [5.41, 5.74) is 0.261. The van der Waals surface area contributed by atoms with Crippen LogP contribution in [0.25, 0.3) is 0 Å². The van der Waals surface area contributed by atoms with E-state index in [2.05, 4.69) is 10.6 Å². The molecule has 1 saturated heterocycles. The van der Waals surface area contributed by atoms with E-state index in [-0.39, 0.29) is 36.1 Å². The first-order chi connectivity index (χ1) is 14.7. The second kappa shape index (κ2) is 11.8. The highest BCUT2D eigenvalue weighted by Crippen LogP contribution is 2.20. The van der Waals surface area contributed by atoms with E-state index < -0.39 is 28.5 Å². The fraction of sp³-hybridized carbons (Fsp3) is 0.550. The van der Waals surface area contributed by atoms with Crippen LogP contribution in [0.1, 0.15) is 26.7 Å². The molecule has 1 aliphatic heterocycles. The van der Waals surface area contributed by atoms with Crippen LogP contribution in [0.5, 0.6) is 0 Å². The molecule has 0 spiro atoms. The molecule has 0 unspecified atom stereocenters. The summed E-state index contributed by atoms with van der Waals surface area (Å²) < 4.78 is 36.8. The Labute approximate surface area is 182 Å². The van der Waals surface area contributed by atoms with E-state index in [0.717, 1.165) is 0 Å². The van der Waals surface area contributed by atoms with E-state index >= 15 is 0 Å². The third-order valence-corrected chi connectivity index (χ3v) is 6.36. The summed E-state index contributed by atoms with van der Waals surface area (Å²) in [7, 11) is -3.70. The van der Waals surface area contributed by atoms with E-state index in [1.165, 1.54) is 28.6 Å². The largest absolute Gasteiger partial charge is 0.454 e. The van der Waals surface area contributed by atoms with E-state index in [9.17, 15) is 22.8 Å². The molecule has 0 atom stereocenters. The minimum atomic E-state index is -3.70. The molecule has 31 heavy (non-hydrogen) atoms. The third-order valence-electron chi connectivity index (χ3n) is 4.47. The standard InChI is InChI=1S/C20H29N3O7S/c1-15(2)6-7-18(24)21-13-20(26)30-14-19(25)22-16-4-3-5-17(12-16)31(27,28)23-8-10-29-11-9-23/h3-5,12,15H,6-11,13-14H2,1-2H3,(H,21,24)(H,22,25). The first kappa shape index (κ1) is 24.8. The molecule has 172 valence electrons. The fourth-order valence-electron chi connectivity index (χ4n) is 2.74. The van der Waals surface area contributed by atoms with Gasteiger partial charge in [-0.25, -0.2) is 8.42 Å². The van der Waals surface area contributed by atoms with E-state index in [4.69, 9.17) is 9.47 Å². The molecule has 1 aliphatic rings. The Balaban J connectivity index is 1.81. The Morgan fingerprint density at radius 3 is 2.55 bits per heavy atom. The lowest BCUT2D eigenvalue weighted by Crippen LogP contribution is -2.40. The topological polar surface area (TPSA) is 131 Å². The quantitative estimate of drug-likeness (QED) is 0.498. The van der Waals surface area contributed by atoms with Crippen molar-refractivity contribution < 1.29 is 32.3 Å². The molecule has 1 aromatic rings. The van der Waals surface area contributed by atoms with Crippen LogP contribution in [0.3, 0.4) is 0 Å². The highest BCUT2D eigenvalue weighted by molar-refractivity contribution is 7.89. The van der Waals surface area contributed by atoms with Gasteiger partial charge in [-0.15, -0.1) is 0 Å². The molecule has 0 aliphatic carbocycles. The van der Waals surface area contributed by atoms with Crippen molar-refractivity contribution in [3.05, 3.63) is 24.3 Å². The molecule has 1 aromatic carbocycles. The fourth-order valence-corrected chi connectivity index (χ4v) is 4.20. The van der Waals surface area contributed by atoms with E-state index in [0.29, 0.717) is 32.0 Å². The predicted molar refractivity (Wildman–Crippen MR) is 113 cm³/mol. The smallest absolute Gasteiger partial charge is 0.325 e. The molecule has 10 nitrogen and oxygen atoms in total. The summed E-state index contributed by atoms with van der Waals surface area (Å²) in [6, 6.07) is 5.84. The number of amides is 2. The Hall–Kier alpha value is -2.50. The van der Waals surface area contributed by atoms with Gasteiger partial charge in [0.15, 0.2) is 6.61 Å². The lowest BCUT2D eigenvalue weighted by molar-refractivity contribution is -0.147. The highest BCUT2D eigenvalue weighted by Gasteiger charge is 2.26. The number of ether oxygens (including phenoxy) is 2. The lowest BCUT2D eigenvalue weighted by Gasteiger charge is -2.26. The van der Waals surface area contributed by atoms with Crippen molar-refractivity contribution in [1.29, 1.82) is 0 Å². The number of nitrogens with one attached hydrogen (secondary N) is 2. The van der Waals surface area contributed by atoms with Crippen molar-refractivity contribution in [3.63, 3.8) is 0 Å². The van der Waals surface area contributed by atoms with Crippen LogP contribution in [-0.2, 0) is 33.9 Å². The Morgan fingerprint density at radius 2 is 1.87 bits per heavy atom. The summed E-state index contributed by atoms with van der Waals surface area (Å²) in [6.45, 7) is 4.31. The van der Waals surface area contributed by atoms with E-state index in [1.54, 1.807) is 0 Å². The van der Waals surface area contributed by atoms with Crippen molar-refractivity contribution >= 4 is 33.5 Å². The molecule has 2 amide bonds. The minimum absolute atomic E-state index is 0.0494. The Morgan fingerprint density at radius 1 is 1.16 bits per heavy atom. The van der Waals surface area contributed by atoms with Crippen LogP contribution in [0.4, 0.5) is 5.69 Å². The normalized spacial score (nSPS) is 14.8. The van der Waals surface area contributed by atoms with Crippen molar-refractivity contribution in [2.24, 2.45) is 5.92 Å². The molecule has 2 rings (SSSR count). The molecule has 1 fully saturated rings. The number of carbonyl (C=O) groups is 3. The number of carbonyl (C=O) groups excluding carboxylic acids is 3. The maximum Gasteiger partial charge on any atom is 0.325 e. The minimum Gasteiger partial charge on any atom is -0.454 e. The summed E-state index contributed by atoms with van der Waals surface area (Å²) in [5, 5.41) is 4.94. The first-order valence-electron chi connectivity index (χ1n) is 10.1. The van der Waals surface area contributed by atoms with Gasteiger partial charge in [-0.3, -0.25) is 14.4 Å². The van der Waals surface area contributed by atoms with Gasteiger partial charge in [-0.2, -0.15) is 4.31 Å². The number of nitrogens with zero attached hydrogens (tertiary/aromatic N) is 1. The summed E-state index contributed by atoms with van der Waals surface area (Å²) >= 11 is 0. The van der Waals surface area contributed by atoms with Crippen molar-refractivity contribution in [2.45, 2.75) is 31.6 Å². The molecule has 0 saturated carbocycles. The zero-order valence-electron chi connectivity index (χ0n) is 17.8. The lowest BCUT2D eigenvalue weighted by atomic mass is 10.1. The molecule has 1 heterocycles. The van der Waals surface area contributed by atoms with Gasteiger partial charge in [0.05, 0.1) is 18.1 Å². The average molecular weight is 456 g/mol. The number of anilines is 1. The van der Waals surface area contributed by atoms with Crippen molar-refractivity contribution in [2.75, 3.05) is 44.8 Å². The van der Waals surface area contributed by atoms with Crippen LogP contribution in [-0.4, -0.2) is 70.0 Å². The number of hydrogen-bond donors (Lipinski definition) is 2. The Bertz CT molecular complexity index is 881. The van der Waals surface area contributed by atoms with Crippen LogP contribution >= 0.6 is 0 Å². The third kappa shape index (κ3) is 8.27. The molecule has 0 bridgehead atoms. The second-order valence-electron chi connectivity index (χ2n) is 7.46. The summed E-state index contributed by atoms with van der Waals surface area (Å²) in [5.74, 6) is -1.24. The molecule has 2 N–H and O–H groups in total. The van der Waals surface area contributed by atoms with Gasteiger partial charge in [0.1, 0.15) is 6.54 Å². The van der Waals surface area contributed by atoms with Crippen LogP contribution < -0.4 is 10.6 Å². The Kier molecular flexibility index (Phi) is 9.41. The van der Waals surface area contributed by atoms with Crippen LogP contribution in [0, 0.1) is 5.92 Å². The average Bonchev–Trinajstić information content (AvgIpc) is 2.75. The van der Waals surface area contributed by atoms with Gasteiger partial charge in [0.25, 0.3) is 5.91 Å². The summed E-state index contributed by atoms with van der Waals surface area (Å²) in [4.78, 5) is 35.4. The molecule has 0 aromatic heterocycles. The predicted octanol–water partition coefficient (Wildman–Crippen LogP) is 0.742. The number of hydrogen-bond acceptors (Lipinski definition) is 7. The second-order valence-corrected chi connectivity index (χ2v) is 9.40. The van der Waals surface area contributed by atoms with Crippen molar-refractivity contribution in [1.82, 2.24) is 9.62 Å². The number of sulfonamides is 1. The van der Waals surface area contributed by atoms with Gasteiger partial charge in [0.2, 0.25) is 15.9 Å². The maximum absolute atomic E-state index is 12.7.